The van der Waals surface area contributed by atoms with Crippen molar-refractivity contribution >= 4 is 6.09 Å². The third-order valence-corrected chi connectivity index (χ3v) is 3.82. The lowest BCUT2D eigenvalue weighted by atomic mass is 9.98. The molecular formula is C17H24F3NO4. The van der Waals surface area contributed by atoms with Crippen molar-refractivity contribution in [2.24, 2.45) is 5.73 Å². The van der Waals surface area contributed by atoms with Gasteiger partial charge in [-0.3, -0.25) is 0 Å². The van der Waals surface area contributed by atoms with Crippen molar-refractivity contribution in [3.63, 3.8) is 0 Å². The molecule has 0 fully saturated rings. The first-order chi connectivity index (χ1) is 11.9. The van der Waals surface area contributed by atoms with Gasteiger partial charge in [0.15, 0.2) is 6.17 Å². The molecule has 142 valence electrons. The van der Waals surface area contributed by atoms with Crippen molar-refractivity contribution in [3.8, 4) is 11.5 Å². The Labute approximate surface area is 145 Å². The van der Waals surface area contributed by atoms with Crippen LogP contribution in [0.2, 0.25) is 0 Å². The highest BCUT2D eigenvalue weighted by Crippen LogP contribution is 2.32. The quantitative estimate of drug-likeness (QED) is 0.692. The van der Waals surface area contributed by atoms with E-state index >= 15 is 0 Å². The van der Waals surface area contributed by atoms with Crippen LogP contribution in [0.5, 0.6) is 11.5 Å². The number of amides is 1. The molecule has 1 aromatic carbocycles. The summed E-state index contributed by atoms with van der Waals surface area (Å²) in [5.41, 5.74) is 6.06. The number of ether oxygens (including phenoxy) is 3. The number of carbonyl (C=O) groups excluding carboxylic acids is 1. The van der Waals surface area contributed by atoms with Gasteiger partial charge in [0, 0.05) is 24.0 Å². The molecule has 3 atom stereocenters. The van der Waals surface area contributed by atoms with Crippen LogP contribution in [0, 0.1) is 0 Å². The van der Waals surface area contributed by atoms with Gasteiger partial charge in [-0.15, -0.1) is 0 Å². The fraction of sp³-hybridized carbons (Fsp3) is 0.588. The van der Waals surface area contributed by atoms with E-state index in [0.29, 0.717) is 35.5 Å². The number of primary amides is 1. The molecule has 0 saturated heterocycles. The van der Waals surface area contributed by atoms with Crippen LogP contribution in [-0.2, 0) is 17.6 Å². The molecule has 0 spiro atoms. The Bertz CT molecular complexity index is 571. The number of methoxy groups -OCH3 is 2. The van der Waals surface area contributed by atoms with Gasteiger partial charge < -0.3 is 19.9 Å². The van der Waals surface area contributed by atoms with E-state index in [1.165, 1.54) is 20.3 Å². The second kappa shape index (κ2) is 10.0. The summed E-state index contributed by atoms with van der Waals surface area (Å²) in [6.07, 6.45) is -5.02. The standard InChI is InChI=1S/C17H24F3NO4/c1-4-12(25-17(21)22)5-10-7-16(24-3)11(8-15(10)23-2)6-13(19)14(20)9-18/h7-8,12-14H,4-6,9H2,1-3H3,(H2,21,22). The number of halogens is 3. The lowest BCUT2D eigenvalue weighted by Crippen LogP contribution is -2.24. The summed E-state index contributed by atoms with van der Waals surface area (Å²) in [4.78, 5) is 10.9. The predicted molar refractivity (Wildman–Crippen MR) is 87.5 cm³/mol. The topological polar surface area (TPSA) is 70.8 Å². The first-order valence-corrected chi connectivity index (χ1v) is 7.90. The zero-order chi connectivity index (χ0) is 19.0. The monoisotopic (exact) mass is 363 g/mol. The van der Waals surface area contributed by atoms with Crippen LogP contribution in [0.1, 0.15) is 24.5 Å². The second-order valence-electron chi connectivity index (χ2n) is 5.54. The summed E-state index contributed by atoms with van der Waals surface area (Å²) in [7, 11) is 2.82. The molecule has 0 heterocycles. The van der Waals surface area contributed by atoms with Crippen molar-refractivity contribution < 1.29 is 32.2 Å². The van der Waals surface area contributed by atoms with Gasteiger partial charge in [0.05, 0.1) is 14.2 Å². The van der Waals surface area contributed by atoms with Crippen molar-refractivity contribution in [3.05, 3.63) is 23.3 Å². The molecule has 1 amide bonds. The molecule has 0 aliphatic rings. The molecule has 1 rings (SSSR count). The van der Waals surface area contributed by atoms with Gasteiger partial charge in [-0.05, 0) is 18.6 Å². The Hall–Kier alpha value is -2.12. The van der Waals surface area contributed by atoms with Gasteiger partial charge >= 0.3 is 6.09 Å². The molecule has 3 unspecified atom stereocenters. The first kappa shape index (κ1) is 20.9. The van der Waals surface area contributed by atoms with Gasteiger partial charge in [0.1, 0.15) is 30.4 Å². The summed E-state index contributed by atoms with van der Waals surface area (Å²) >= 11 is 0. The number of carbonyl (C=O) groups is 1. The summed E-state index contributed by atoms with van der Waals surface area (Å²) in [6.45, 7) is 0.444. The van der Waals surface area contributed by atoms with E-state index in [1.807, 2.05) is 6.92 Å². The lowest BCUT2D eigenvalue weighted by Gasteiger charge is -2.20. The van der Waals surface area contributed by atoms with Crippen LogP contribution in [0.25, 0.3) is 0 Å². The van der Waals surface area contributed by atoms with E-state index < -0.39 is 31.2 Å². The highest BCUT2D eigenvalue weighted by Gasteiger charge is 2.24. The number of benzene rings is 1. The molecule has 0 saturated carbocycles. The largest absolute Gasteiger partial charge is 0.496 e. The van der Waals surface area contributed by atoms with Gasteiger partial charge in [-0.2, -0.15) is 0 Å². The highest BCUT2D eigenvalue weighted by atomic mass is 19.2. The van der Waals surface area contributed by atoms with Crippen LogP contribution < -0.4 is 15.2 Å². The van der Waals surface area contributed by atoms with Crippen molar-refractivity contribution in [2.45, 2.75) is 44.6 Å². The number of alkyl halides is 3. The van der Waals surface area contributed by atoms with E-state index in [9.17, 15) is 18.0 Å². The van der Waals surface area contributed by atoms with E-state index in [4.69, 9.17) is 19.9 Å². The van der Waals surface area contributed by atoms with Crippen LogP contribution in [0.15, 0.2) is 12.1 Å². The van der Waals surface area contributed by atoms with Crippen molar-refractivity contribution in [1.29, 1.82) is 0 Å². The molecule has 1 aromatic rings. The Kier molecular flexibility index (Phi) is 8.37. The molecule has 0 aliphatic heterocycles. The molecular weight excluding hydrogens is 339 g/mol. The van der Waals surface area contributed by atoms with E-state index in [0.717, 1.165) is 0 Å². The third kappa shape index (κ3) is 6.03. The minimum absolute atomic E-state index is 0.314. The number of hydrogen-bond donors (Lipinski definition) is 1. The SMILES string of the molecule is CCC(Cc1cc(OC)c(CC(F)C(F)CF)cc1OC)OC(N)=O. The summed E-state index contributed by atoms with van der Waals surface area (Å²) in [6, 6.07) is 3.12. The normalized spacial score (nSPS) is 14.5. The van der Waals surface area contributed by atoms with E-state index in [1.54, 1.807) is 6.07 Å². The third-order valence-electron chi connectivity index (χ3n) is 3.82. The summed E-state index contributed by atoms with van der Waals surface area (Å²) in [5, 5.41) is 0. The molecule has 0 aromatic heterocycles. The van der Waals surface area contributed by atoms with Crippen molar-refractivity contribution in [1.82, 2.24) is 0 Å². The number of nitrogens with two attached hydrogens (primary N) is 1. The zero-order valence-electron chi connectivity index (χ0n) is 14.6. The summed E-state index contributed by atoms with van der Waals surface area (Å²) in [5.74, 6) is 0.726. The van der Waals surface area contributed by atoms with Crippen LogP contribution >= 0.6 is 0 Å². The average Bonchev–Trinajstić information content (AvgIpc) is 2.60. The molecule has 0 radical (unpaired) electrons. The van der Waals surface area contributed by atoms with Gasteiger partial charge in [-0.25, -0.2) is 18.0 Å². The second-order valence-corrected chi connectivity index (χ2v) is 5.54. The predicted octanol–water partition coefficient (Wildman–Crippen LogP) is 3.31. The maximum Gasteiger partial charge on any atom is 0.404 e. The van der Waals surface area contributed by atoms with Gasteiger partial charge in [0.25, 0.3) is 0 Å². The molecule has 25 heavy (non-hydrogen) atoms. The highest BCUT2D eigenvalue weighted by molar-refractivity contribution is 5.64. The Balaban J connectivity index is 3.10. The molecule has 0 aliphatic carbocycles. The minimum Gasteiger partial charge on any atom is -0.496 e. The minimum atomic E-state index is -2.19. The Morgan fingerprint density at radius 1 is 1.08 bits per heavy atom. The molecule has 2 N–H and O–H groups in total. The number of hydrogen-bond acceptors (Lipinski definition) is 4. The zero-order valence-corrected chi connectivity index (χ0v) is 14.6. The fourth-order valence-electron chi connectivity index (χ4n) is 2.46. The maximum atomic E-state index is 13.8. The maximum absolute atomic E-state index is 13.8. The Morgan fingerprint density at radius 2 is 1.60 bits per heavy atom. The van der Waals surface area contributed by atoms with Gasteiger partial charge in [-0.1, -0.05) is 6.92 Å². The van der Waals surface area contributed by atoms with Gasteiger partial charge in [0.2, 0.25) is 0 Å². The first-order valence-electron chi connectivity index (χ1n) is 7.90. The van der Waals surface area contributed by atoms with E-state index in [-0.39, 0.29) is 6.42 Å². The molecule has 0 bridgehead atoms. The average molecular weight is 363 g/mol. The lowest BCUT2D eigenvalue weighted by molar-refractivity contribution is 0.103. The van der Waals surface area contributed by atoms with Crippen LogP contribution in [-0.4, -0.2) is 45.4 Å². The molecule has 8 heteroatoms. The molecule has 5 nitrogen and oxygen atoms in total. The van der Waals surface area contributed by atoms with E-state index in [2.05, 4.69) is 0 Å². The fourth-order valence-corrected chi connectivity index (χ4v) is 2.46. The number of rotatable bonds is 10. The summed E-state index contributed by atoms with van der Waals surface area (Å²) < 4.78 is 54.7. The smallest absolute Gasteiger partial charge is 0.404 e. The van der Waals surface area contributed by atoms with Crippen LogP contribution in [0.3, 0.4) is 0 Å². The van der Waals surface area contributed by atoms with Crippen molar-refractivity contribution in [2.75, 3.05) is 20.9 Å². The van der Waals surface area contributed by atoms with Crippen LogP contribution in [0.4, 0.5) is 18.0 Å². The Morgan fingerprint density at radius 3 is 2.00 bits per heavy atom.